The number of halogens is 3. The highest BCUT2D eigenvalue weighted by Gasteiger charge is 2.31. The molecular weight excluding hydrogens is 257 g/mol. The van der Waals surface area contributed by atoms with Crippen LogP contribution in [0.5, 0.6) is 0 Å². The highest BCUT2D eigenvalue weighted by molar-refractivity contribution is 5.60. The van der Waals surface area contributed by atoms with Crippen molar-refractivity contribution < 1.29 is 18.3 Å². The van der Waals surface area contributed by atoms with E-state index in [1.165, 1.54) is 6.07 Å². The Labute approximate surface area is 109 Å². The molecule has 6 heteroatoms. The van der Waals surface area contributed by atoms with E-state index in [0.717, 1.165) is 12.1 Å². The van der Waals surface area contributed by atoms with Crippen LogP contribution in [0, 0.1) is 11.3 Å². The van der Waals surface area contributed by atoms with Gasteiger partial charge in [0.05, 0.1) is 16.8 Å². The van der Waals surface area contributed by atoms with Gasteiger partial charge in [-0.3, -0.25) is 0 Å². The smallest absolute Gasteiger partial charge is 0.396 e. The molecular formula is C13H15F3N2O. The van der Waals surface area contributed by atoms with Crippen LogP contribution < -0.4 is 5.32 Å². The number of hydrogen-bond acceptors (Lipinski definition) is 3. The summed E-state index contributed by atoms with van der Waals surface area (Å²) in [5, 5.41) is 20.8. The summed E-state index contributed by atoms with van der Waals surface area (Å²) in [6.07, 6.45) is -4.05. The number of rotatable bonds is 4. The SMILES string of the molecule is CC(C)(CCO)Nc1ccc(C(F)(F)F)cc1C#N. The maximum Gasteiger partial charge on any atom is 0.416 e. The second-order valence-electron chi connectivity index (χ2n) is 4.85. The minimum Gasteiger partial charge on any atom is -0.396 e. The summed E-state index contributed by atoms with van der Waals surface area (Å²) in [5.74, 6) is 0. The maximum atomic E-state index is 12.5. The van der Waals surface area contributed by atoms with Gasteiger partial charge in [0.2, 0.25) is 0 Å². The summed E-state index contributed by atoms with van der Waals surface area (Å²) in [5.41, 5.74) is -1.11. The predicted octanol–water partition coefficient (Wildman–Crippen LogP) is 3.15. The summed E-state index contributed by atoms with van der Waals surface area (Å²) < 4.78 is 37.6. The van der Waals surface area contributed by atoms with Crippen LogP contribution in [-0.2, 0) is 6.18 Å². The zero-order chi connectivity index (χ0) is 14.7. The normalized spacial score (nSPS) is 12.1. The van der Waals surface area contributed by atoms with Gasteiger partial charge in [0.15, 0.2) is 0 Å². The quantitative estimate of drug-likeness (QED) is 0.885. The van der Waals surface area contributed by atoms with Crippen LogP contribution >= 0.6 is 0 Å². The van der Waals surface area contributed by atoms with Gasteiger partial charge in [0, 0.05) is 12.1 Å². The summed E-state index contributed by atoms with van der Waals surface area (Å²) in [6.45, 7) is 3.53. The standard InChI is InChI=1S/C13H15F3N2O/c1-12(2,5-6-19)18-11-4-3-10(13(14,15)16)7-9(11)8-17/h3-4,7,18-19H,5-6H2,1-2H3. The van der Waals surface area contributed by atoms with E-state index in [4.69, 9.17) is 10.4 Å². The molecule has 0 saturated carbocycles. The van der Waals surface area contributed by atoms with Gasteiger partial charge in [0.25, 0.3) is 0 Å². The van der Waals surface area contributed by atoms with Crippen molar-refractivity contribution in [1.29, 1.82) is 5.26 Å². The number of aliphatic hydroxyl groups excluding tert-OH is 1. The van der Waals surface area contributed by atoms with Gasteiger partial charge in [-0.05, 0) is 38.5 Å². The van der Waals surface area contributed by atoms with E-state index in [-0.39, 0.29) is 12.2 Å². The first-order valence-corrected chi connectivity index (χ1v) is 5.70. The number of nitrogens with zero attached hydrogens (tertiary/aromatic N) is 1. The van der Waals surface area contributed by atoms with Crippen LogP contribution in [0.25, 0.3) is 0 Å². The molecule has 0 saturated heterocycles. The van der Waals surface area contributed by atoms with Crippen molar-refractivity contribution in [3.63, 3.8) is 0 Å². The number of aliphatic hydroxyl groups is 1. The fourth-order valence-corrected chi connectivity index (χ4v) is 1.63. The third-order valence-electron chi connectivity index (χ3n) is 2.68. The molecule has 0 radical (unpaired) electrons. The molecule has 0 unspecified atom stereocenters. The first kappa shape index (κ1) is 15.3. The van der Waals surface area contributed by atoms with Gasteiger partial charge in [-0.15, -0.1) is 0 Å². The predicted molar refractivity (Wildman–Crippen MR) is 65.6 cm³/mol. The molecule has 1 rings (SSSR count). The third kappa shape index (κ3) is 4.14. The maximum absolute atomic E-state index is 12.5. The van der Waals surface area contributed by atoms with Crippen molar-refractivity contribution in [3.05, 3.63) is 29.3 Å². The van der Waals surface area contributed by atoms with E-state index in [1.54, 1.807) is 19.9 Å². The van der Waals surface area contributed by atoms with Gasteiger partial charge < -0.3 is 10.4 Å². The van der Waals surface area contributed by atoms with Crippen LogP contribution in [0.4, 0.5) is 18.9 Å². The number of nitrogens with one attached hydrogen (secondary N) is 1. The molecule has 0 aliphatic carbocycles. The third-order valence-corrected chi connectivity index (χ3v) is 2.68. The van der Waals surface area contributed by atoms with E-state index in [9.17, 15) is 13.2 Å². The van der Waals surface area contributed by atoms with Crippen molar-refractivity contribution in [3.8, 4) is 6.07 Å². The summed E-state index contributed by atoms with van der Waals surface area (Å²) in [4.78, 5) is 0. The van der Waals surface area contributed by atoms with Gasteiger partial charge in [-0.2, -0.15) is 18.4 Å². The second kappa shape index (κ2) is 5.49. The van der Waals surface area contributed by atoms with Crippen molar-refractivity contribution in [2.75, 3.05) is 11.9 Å². The van der Waals surface area contributed by atoms with Crippen LogP contribution in [0.1, 0.15) is 31.4 Å². The molecule has 0 amide bonds. The van der Waals surface area contributed by atoms with Crippen LogP contribution in [0.3, 0.4) is 0 Å². The Kier molecular flexibility index (Phi) is 4.43. The highest BCUT2D eigenvalue weighted by Crippen LogP contribution is 2.32. The summed E-state index contributed by atoms with van der Waals surface area (Å²) in [7, 11) is 0. The number of alkyl halides is 3. The molecule has 104 valence electrons. The Morgan fingerprint density at radius 3 is 2.42 bits per heavy atom. The summed E-state index contributed by atoms with van der Waals surface area (Å²) >= 11 is 0. The molecule has 3 nitrogen and oxygen atoms in total. The molecule has 0 spiro atoms. The van der Waals surface area contributed by atoms with Gasteiger partial charge >= 0.3 is 6.18 Å². The average molecular weight is 272 g/mol. The molecule has 19 heavy (non-hydrogen) atoms. The second-order valence-corrected chi connectivity index (χ2v) is 4.85. The molecule has 0 heterocycles. The Balaban J connectivity index is 3.08. The molecule has 0 atom stereocenters. The Morgan fingerprint density at radius 2 is 1.95 bits per heavy atom. The molecule has 2 N–H and O–H groups in total. The fraction of sp³-hybridized carbons (Fsp3) is 0.462. The number of anilines is 1. The minimum absolute atomic E-state index is 0.0531. The molecule has 1 aromatic carbocycles. The number of hydrogen-bond donors (Lipinski definition) is 2. The topological polar surface area (TPSA) is 56.0 Å². The highest BCUT2D eigenvalue weighted by atomic mass is 19.4. The van der Waals surface area contributed by atoms with Crippen LogP contribution in [-0.4, -0.2) is 17.3 Å². The fourth-order valence-electron chi connectivity index (χ4n) is 1.63. The van der Waals surface area contributed by atoms with E-state index < -0.39 is 17.3 Å². The lowest BCUT2D eigenvalue weighted by Gasteiger charge is -2.27. The van der Waals surface area contributed by atoms with Gasteiger partial charge in [0.1, 0.15) is 6.07 Å². The van der Waals surface area contributed by atoms with Crippen molar-refractivity contribution in [1.82, 2.24) is 0 Å². The first-order valence-electron chi connectivity index (χ1n) is 5.70. The Morgan fingerprint density at radius 1 is 1.32 bits per heavy atom. The van der Waals surface area contributed by atoms with Crippen LogP contribution in [0.2, 0.25) is 0 Å². The molecule has 0 aliphatic rings. The number of benzene rings is 1. The summed E-state index contributed by atoms with van der Waals surface area (Å²) in [6, 6.07) is 4.73. The van der Waals surface area contributed by atoms with E-state index in [1.807, 2.05) is 0 Å². The number of nitriles is 1. The lowest BCUT2D eigenvalue weighted by atomic mass is 9.99. The molecule has 0 aromatic heterocycles. The lowest BCUT2D eigenvalue weighted by molar-refractivity contribution is -0.137. The van der Waals surface area contributed by atoms with E-state index >= 15 is 0 Å². The zero-order valence-electron chi connectivity index (χ0n) is 10.7. The molecule has 0 bridgehead atoms. The monoisotopic (exact) mass is 272 g/mol. The first-order chi connectivity index (χ1) is 8.69. The van der Waals surface area contributed by atoms with Crippen molar-refractivity contribution in [2.45, 2.75) is 32.0 Å². The molecule has 1 aromatic rings. The van der Waals surface area contributed by atoms with Crippen molar-refractivity contribution in [2.24, 2.45) is 0 Å². The van der Waals surface area contributed by atoms with Gasteiger partial charge in [-0.1, -0.05) is 0 Å². The molecule has 0 aliphatic heterocycles. The van der Waals surface area contributed by atoms with Gasteiger partial charge in [-0.25, -0.2) is 0 Å². The zero-order valence-corrected chi connectivity index (χ0v) is 10.7. The minimum atomic E-state index is -4.47. The molecule has 0 fully saturated rings. The van der Waals surface area contributed by atoms with E-state index in [2.05, 4.69) is 5.32 Å². The average Bonchev–Trinajstić information content (AvgIpc) is 2.27. The lowest BCUT2D eigenvalue weighted by Crippen LogP contribution is -2.32. The largest absolute Gasteiger partial charge is 0.416 e. The Bertz CT molecular complexity index is 490. The van der Waals surface area contributed by atoms with Crippen LogP contribution in [0.15, 0.2) is 18.2 Å². The van der Waals surface area contributed by atoms with E-state index in [0.29, 0.717) is 12.1 Å². The Hall–Kier alpha value is -1.74. The van der Waals surface area contributed by atoms with Crippen molar-refractivity contribution >= 4 is 5.69 Å².